The third kappa shape index (κ3) is 2.79. The van der Waals surface area contributed by atoms with E-state index in [-0.39, 0.29) is 12.4 Å². The van der Waals surface area contributed by atoms with Gasteiger partial charge in [0.25, 0.3) is 0 Å². The number of carbonyl (C=O) groups excluding carboxylic acids is 1. The van der Waals surface area contributed by atoms with Crippen LogP contribution in [-0.4, -0.2) is 24.6 Å². The molecule has 0 bridgehead atoms. The Labute approximate surface area is 126 Å². The molecule has 22 heavy (non-hydrogen) atoms. The number of hydrogen-bond acceptors (Lipinski definition) is 3. The molecule has 0 spiro atoms. The molecule has 0 aliphatic rings. The Bertz CT molecular complexity index is 812. The zero-order valence-electron chi connectivity index (χ0n) is 12.0. The van der Waals surface area contributed by atoms with Gasteiger partial charge in [-0.2, -0.15) is 0 Å². The highest BCUT2D eigenvalue weighted by Gasteiger charge is 2.10. The number of fused-ring (bicyclic) bond motifs is 1. The molecule has 1 aromatic heterocycles. The summed E-state index contributed by atoms with van der Waals surface area (Å²) in [5.74, 6) is -0.772. The molecular weight excluding hydrogens is 283 g/mol. The summed E-state index contributed by atoms with van der Waals surface area (Å²) in [5.41, 5.74) is 3.19. The summed E-state index contributed by atoms with van der Waals surface area (Å²) in [6, 6.07) is 14.5. The fourth-order valence-corrected chi connectivity index (χ4v) is 2.36. The average molecular weight is 298 g/mol. The summed E-state index contributed by atoms with van der Waals surface area (Å²) in [5, 5.41) is 3.64. The number of esters is 1. The first kappa shape index (κ1) is 14.1. The zero-order valence-corrected chi connectivity index (χ0v) is 12.0. The van der Waals surface area contributed by atoms with Gasteiger partial charge in [0.05, 0.1) is 18.3 Å². The number of nitrogens with one attached hydrogen (secondary N) is 2. The number of halogens is 1. The lowest BCUT2D eigenvalue weighted by Gasteiger charge is -2.06. The number of methoxy groups -OCH3 is 1. The summed E-state index contributed by atoms with van der Waals surface area (Å²) in [6.45, 7) is -0.0191. The van der Waals surface area contributed by atoms with Gasteiger partial charge >= 0.3 is 5.97 Å². The summed E-state index contributed by atoms with van der Waals surface area (Å²) in [6.07, 6.45) is 0. The quantitative estimate of drug-likeness (QED) is 0.724. The number of ether oxygens (including phenoxy) is 1. The molecule has 0 amide bonds. The number of aromatic amines is 1. The van der Waals surface area contributed by atoms with Gasteiger partial charge < -0.3 is 15.0 Å². The van der Waals surface area contributed by atoms with Crippen LogP contribution < -0.4 is 5.32 Å². The highest BCUT2D eigenvalue weighted by Crippen LogP contribution is 2.29. The first-order chi connectivity index (χ1) is 10.7. The van der Waals surface area contributed by atoms with Gasteiger partial charge in [0.1, 0.15) is 12.4 Å². The monoisotopic (exact) mass is 298 g/mol. The molecule has 0 saturated heterocycles. The van der Waals surface area contributed by atoms with Crippen molar-refractivity contribution in [3.8, 4) is 11.3 Å². The zero-order chi connectivity index (χ0) is 15.5. The number of carbonyl (C=O) groups is 1. The van der Waals surface area contributed by atoms with Crippen LogP contribution in [0.5, 0.6) is 0 Å². The third-order valence-corrected chi connectivity index (χ3v) is 3.43. The van der Waals surface area contributed by atoms with Gasteiger partial charge in [0, 0.05) is 11.1 Å². The van der Waals surface area contributed by atoms with E-state index in [0.29, 0.717) is 5.69 Å². The first-order valence-corrected chi connectivity index (χ1v) is 6.86. The van der Waals surface area contributed by atoms with Crippen LogP contribution in [0.25, 0.3) is 22.2 Å². The van der Waals surface area contributed by atoms with E-state index in [1.807, 2.05) is 36.4 Å². The molecule has 5 heteroatoms. The molecule has 0 saturated carbocycles. The number of hydrogen-bond donors (Lipinski definition) is 2. The highest BCUT2D eigenvalue weighted by molar-refractivity contribution is 5.95. The maximum Gasteiger partial charge on any atom is 0.325 e. The molecule has 0 atom stereocenters. The lowest BCUT2D eigenvalue weighted by Crippen LogP contribution is -2.15. The van der Waals surface area contributed by atoms with Crippen molar-refractivity contribution in [2.75, 3.05) is 19.0 Å². The van der Waals surface area contributed by atoms with Crippen LogP contribution in [0.2, 0.25) is 0 Å². The van der Waals surface area contributed by atoms with Crippen molar-refractivity contribution in [2.24, 2.45) is 0 Å². The van der Waals surface area contributed by atoms with Crippen molar-refractivity contribution in [2.45, 2.75) is 0 Å². The topological polar surface area (TPSA) is 54.1 Å². The van der Waals surface area contributed by atoms with E-state index in [9.17, 15) is 9.18 Å². The van der Waals surface area contributed by atoms with E-state index in [1.54, 1.807) is 0 Å². The fraction of sp³-hybridized carbons (Fsp3) is 0.118. The van der Waals surface area contributed by atoms with Gasteiger partial charge in [-0.05, 0) is 23.8 Å². The largest absolute Gasteiger partial charge is 0.468 e. The predicted octanol–water partition coefficient (Wildman–Crippen LogP) is 3.56. The second kappa shape index (κ2) is 5.89. The maximum atomic E-state index is 13.7. The molecule has 2 aromatic carbocycles. The average Bonchev–Trinajstić information content (AvgIpc) is 2.97. The Hall–Kier alpha value is -2.82. The van der Waals surface area contributed by atoms with E-state index in [4.69, 9.17) is 0 Å². The van der Waals surface area contributed by atoms with E-state index in [1.165, 1.54) is 19.2 Å². The number of benzene rings is 2. The normalized spacial score (nSPS) is 10.6. The molecule has 0 aliphatic heterocycles. The van der Waals surface area contributed by atoms with Crippen LogP contribution in [0.1, 0.15) is 0 Å². The molecule has 2 N–H and O–H groups in total. The third-order valence-electron chi connectivity index (χ3n) is 3.43. The lowest BCUT2D eigenvalue weighted by atomic mass is 10.1. The molecule has 112 valence electrons. The predicted molar refractivity (Wildman–Crippen MR) is 84.2 cm³/mol. The van der Waals surface area contributed by atoms with Gasteiger partial charge in [0.15, 0.2) is 0 Å². The number of anilines is 1. The molecule has 3 rings (SSSR count). The molecule has 0 unspecified atom stereocenters. The maximum absolute atomic E-state index is 13.7. The SMILES string of the molecule is COC(=O)CNc1cc(F)cc2cc(-c3ccccc3)[nH]c12. The standard InChI is InChI=1S/C17H15FN2O2/c1-22-16(21)10-19-15-9-13(18)7-12-8-14(20-17(12)15)11-5-3-2-4-6-11/h2-9,19-20H,10H2,1H3. The van der Waals surface area contributed by atoms with Crippen LogP contribution in [0, 0.1) is 5.82 Å². The van der Waals surface area contributed by atoms with Crippen molar-refractivity contribution >= 4 is 22.6 Å². The molecule has 0 radical (unpaired) electrons. The van der Waals surface area contributed by atoms with Crippen LogP contribution in [0.4, 0.5) is 10.1 Å². The Morgan fingerprint density at radius 2 is 2.00 bits per heavy atom. The first-order valence-electron chi connectivity index (χ1n) is 6.86. The van der Waals surface area contributed by atoms with Gasteiger partial charge in [-0.1, -0.05) is 30.3 Å². The summed E-state index contributed by atoms with van der Waals surface area (Å²) < 4.78 is 18.3. The fourth-order valence-electron chi connectivity index (χ4n) is 2.36. The second-order valence-corrected chi connectivity index (χ2v) is 4.90. The van der Waals surface area contributed by atoms with E-state index < -0.39 is 5.97 Å². The van der Waals surface area contributed by atoms with E-state index >= 15 is 0 Å². The molecular formula is C17H15FN2O2. The van der Waals surface area contributed by atoms with Crippen LogP contribution >= 0.6 is 0 Å². The lowest BCUT2D eigenvalue weighted by molar-refractivity contribution is -0.138. The molecule has 0 fully saturated rings. The summed E-state index contributed by atoms with van der Waals surface area (Å²) >= 11 is 0. The molecule has 4 nitrogen and oxygen atoms in total. The van der Waals surface area contributed by atoms with Crippen LogP contribution in [0.15, 0.2) is 48.5 Å². The van der Waals surface area contributed by atoms with Crippen molar-refractivity contribution in [3.05, 3.63) is 54.3 Å². The van der Waals surface area contributed by atoms with Crippen LogP contribution in [0.3, 0.4) is 0 Å². The Balaban J connectivity index is 2.01. The van der Waals surface area contributed by atoms with Crippen molar-refractivity contribution in [1.29, 1.82) is 0 Å². The summed E-state index contributed by atoms with van der Waals surface area (Å²) in [4.78, 5) is 14.5. The minimum absolute atomic E-state index is 0.0191. The molecule has 3 aromatic rings. The molecule has 1 heterocycles. The minimum atomic E-state index is -0.410. The van der Waals surface area contributed by atoms with Gasteiger partial charge in [-0.15, -0.1) is 0 Å². The van der Waals surface area contributed by atoms with Crippen molar-refractivity contribution in [1.82, 2.24) is 4.98 Å². The number of rotatable bonds is 4. The number of H-pyrrole nitrogens is 1. The smallest absolute Gasteiger partial charge is 0.325 e. The Kier molecular flexibility index (Phi) is 3.78. The Morgan fingerprint density at radius 1 is 1.23 bits per heavy atom. The van der Waals surface area contributed by atoms with E-state index in [0.717, 1.165) is 22.2 Å². The minimum Gasteiger partial charge on any atom is -0.468 e. The highest BCUT2D eigenvalue weighted by atomic mass is 19.1. The van der Waals surface area contributed by atoms with Gasteiger partial charge in [-0.3, -0.25) is 4.79 Å². The summed E-state index contributed by atoms with van der Waals surface area (Å²) in [7, 11) is 1.31. The second-order valence-electron chi connectivity index (χ2n) is 4.90. The Morgan fingerprint density at radius 3 is 2.73 bits per heavy atom. The van der Waals surface area contributed by atoms with E-state index in [2.05, 4.69) is 15.0 Å². The van der Waals surface area contributed by atoms with Gasteiger partial charge in [-0.25, -0.2) is 4.39 Å². The van der Waals surface area contributed by atoms with Crippen molar-refractivity contribution < 1.29 is 13.9 Å². The van der Waals surface area contributed by atoms with Crippen molar-refractivity contribution in [3.63, 3.8) is 0 Å². The van der Waals surface area contributed by atoms with Crippen LogP contribution in [-0.2, 0) is 9.53 Å². The number of aromatic nitrogens is 1. The van der Waals surface area contributed by atoms with Gasteiger partial charge in [0.2, 0.25) is 0 Å². The molecule has 0 aliphatic carbocycles.